The fourth-order valence-corrected chi connectivity index (χ4v) is 2.51. The fraction of sp³-hybridized carbons (Fsp3) is 0.455. The molecule has 1 rings (SSSR count). The minimum absolute atomic E-state index is 0.453. The molecule has 0 aliphatic carbocycles. The lowest BCUT2D eigenvalue weighted by atomic mass is 10.3. The van der Waals surface area contributed by atoms with E-state index in [1.54, 1.807) is 18.9 Å². The highest BCUT2D eigenvalue weighted by molar-refractivity contribution is 8.00. The molecule has 1 aromatic carbocycles. The van der Waals surface area contributed by atoms with Crippen molar-refractivity contribution in [1.82, 2.24) is 0 Å². The monoisotopic (exact) mass is 245 g/mol. The van der Waals surface area contributed by atoms with Gasteiger partial charge in [-0.05, 0) is 24.6 Å². The van der Waals surface area contributed by atoms with E-state index in [4.69, 9.17) is 22.1 Å². The molecule has 84 valence electrons. The van der Waals surface area contributed by atoms with E-state index in [2.05, 4.69) is 6.92 Å². The van der Waals surface area contributed by atoms with Crippen molar-refractivity contribution in [3.05, 3.63) is 23.2 Å². The van der Waals surface area contributed by atoms with Gasteiger partial charge in [0.1, 0.15) is 5.75 Å². The van der Waals surface area contributed by atoms with Crippen LogP contribution in [0.3, 0.4) is 0 Å². The van der Waals surface area contributed by atoms with Crippen molar-refractivity contribution in [3.8, 4) is 5.75 Å². The molecule has 2 N–H and O–H groups in total. The van der Waals surface area contributed by atoms with Crippen molar-refractivity contribution in [2.75, 3.05) is 13.7 Å². The van der Waals surface area contributed by atoms with Crippen LogP contribution < -0.4 is 10.5 Å². The molecule has 0 aliphatic heterocycles. The number of rotatable bonds is 5. The molecule has 0 saturated heterocycles. The molecule has 0 aliphatic rings. The number of nitrogens with two attached hydrogens (primary N) is 1. The Kier molecular flexibility index (Phi) is 5.29. The third-order valence-electron chi connectivity index (χ3n) is 2.14. The zero-order valence-electron chi connectivity index (χ0n) is 9.00. The molecule has 2 nitrogen and oxygen atoms in total. The van der Waals surface area contributed by atoms with Crippen LogP contribution in [0, 0.1) is 0 Å². The van der Waals surface area contributed by atoms with Gasteiger partial charge in [0.25, 0.3) is 0 Å². The molecule has 4 heteroatoms. The van der Waals surface area contributed by atoms with E-state index >= 15 is 0 Å². The Morgan fingerprint density at radius 2 is 2.27 bits per heavy atom. The van der Waals surface area contributed by atoms with Crippen molar-refractivity contribution in [3.63, 3.8) is 0 Å². The number of benzene rings is 1. The molecule has 0 aromatic heterocycles. The molecule has 0 saturated carbocycles. The van der Waals surface area contributed by atoms with Crippen LogP contribution >= 0.6 is 23.4 Å². The quantitative estimate of drug-likeness (QED) is 0.810. The summed E-state index contributed by atoms with van der Waals surface area (Å²) in [7, 11) is 1.61. The van der Waals surface area contributed by atoms with Crippen LogP contribution in [-0.4, -0.2) is 18.9 Å². The molecule has 0 fully saturated rings. The van der Waals surface area contributed by atoms with Gasteiger partial charge in [-0.3, -0.25) is 0 Å². The van der Waals surface area contributed by atoms with Gasteiger partial charge in [-0.15, -0.1) is 11.8 Å². The smallest absolute Gasteiger partial charge is 0.137 e. The van der Waals surface area contributed by atoms with E-state index in [1.165, 1.54) is 0 Å². The van der Waals surface area contributed by atoms with Crippen molar-refractivity contribution < 1.29 is 4.74 Å². The maximum Gasteiger partial charge on any atom is 0.137 e. The average Bonchev–Trinajstić information content (AvgIpc) is 2.26. The van der Waals surface area contributed by atoms with Gasteiger partial charge in [-0.2, -0.15) is 0 Å². The van der Waals surface area contributed by atoms with E-state index in [0.29, 0.717) is 22.6 Å². The van der Waals surface area contributed by atoms with E-state index in [9.17, 15) is 0 Å². The maximum atomic E-state index is 6.03. The Labute approximate surface area is 100 Å². The largest absolute Gasteiger partial charge is 0.495 e. The van der Waals surface area contributed by atoms with Crippen LogP contribution in [0.15, 0.2) is 23.1 Å². The second-order valence-corrected chi connectivity index (χ2v) is 4.96. The number of ether oxygens (including phenoxy) is 1. The number of hydrogen-bond donors (Lipinski definition) is 1. The van der Waals surface area contributed by atoms with Gasteiger partial charge in [-0.25, -0.2) is 0 Å². The average molecular weight is 246 g/mol. The molecule has 0 heterocycles. The number of methoxy groups -OCH3 is 1. The Morgan fingerprint density at radius 1 is 1.53 bits per heavy atom. The lowest BCUT2D eigenvalue weighted by molar-refractivity contribution is 0.414. The highest BCUT2D eigenvalue weighted by atomic mass is 35.5. The molecule has 0 bridgehead atoms. The Balaban J connectivity index is 2.74. The van der Waals surface area contributed by atoms with Crippen molar-refractivity contribution in [2.45, 2.75) is 23.5 Å². The zero-order valence-corrected chi connectivity index (χ0v) is 10.6. The molecule has 15 heavy (non-hydrogen) atoms. The molecular weight excluding hydrogens is 230 g/mol. The first-order chi connectivity index (χ1) is 7.21. The predicted molar refractivity (Wildman–Crippen MR) is 67.0 cm³/mol. The van der Waals surface area contributed by atoms with E-state index in [1.807, 2.05) is 18.2 Å². The van der Waals surface area contributed by atoms with Crippen molar-refractivity contribution in [1.29, 1.82) is 0 Å². The standard InChI is InChI=1S/C11H16ClNOS/c1-3-8(7-13)15-9-4-5-11(14-2)10(12)6-9/h4-6,8H,3,7,13H2,1-2H3. The Hall–Kier alpha value is -0.380. The minimum Gasteiger partial charge on any atom is -0.495 e. The molecule has 1 atom stereocenters. The van der Waals surface area contributed by atoms with Crippen molar-refractivity contribution >= 4 is 23.4 Å². The van der Waals surface area contributed by atoms with Crippen molar-refractivity contribution in [2.24, 2.45) is 5.73 Å². The fourth-order valence-electron chi connectivity index (χ4n) is 1.21. The summed E-state index contributed by atoms with van der Waals surface area (Å²) in [5, 5.41) is 1.10. The molecule has 0 spiro atoms. The van der Waals surface area contributed by atoms with Gasteiger partial charge in [0.05, 0.1) is 12.1 Å². The second kappa shape index (κ2) is 6.26. The summed E-state index contributed by atoms with van der Waals surface area (Å²) in [4.78, 5) is 1.14. The summed E-state index contributed by atoms with van der Waals surface area (Å²) < 4.78 is 5.09. The topological polar surface area (TPSA) is 35.2 Å². The lowest BCUT2D eigenvalue weighted by Crippen LogP contribution is -2.15. The van der Waals surface area contributed by atoms with Crippen LogP contribution in [0.5, 0.6) is 5.75 Å². The normalized spacial score (nSPS) is 12.5. The Morgan fingerprint density at radius 3 is 2.73 bits per heavy atom. The second-order valence-electron chi connectivity index (χ2n) is 3.18. The first kappa shape index (κ1) is 12.7. The third kappa shape index (κ3) is 3.59. The van der Waals surface area contributed by atoms with E-state index in [0.717, 1.165) is 11.3 Å². The van der Waals surface area contributed by atoms with E-state index < -0.39 is 0 Å². The van der Waals surface area contributed by atoms with Crippen LogP contribution in [0.1, 0.15) is 13.3 Å². The van der Waals surface area contributed by atoms with Crippen LogP contribution in [-0.2, 0) is 0 Å². The van der Waals surface area contributed by atoms with Gasteiger partial charge in [-0.1, -0.05) is 18.5 Å². The van der Waals surface area contributed by atoms with Gasteiger partial charge < -0.3 is 10.5 Å². The highest BCUT2D eigenvalue weighted by Crippen LogP contribution is 2.32. The van der Waals surface area contributed by atoms with E-state index in [-0.39, 0.29) is 0 Å². The van der Waals surface area contributed by atoms with Gasteiger partial charge in [0.2, 0.25) is 0 Å². The highest BCUT2D eigenvalue weighted by Gasteiger charge is 2.08. The van der Waals surface area contributed by atoms with Gasteiger partial charge in [0.15, 0.2) is 0 Å². The molecule has 0 amide bonds. The summed E-state index contributed by atoms with van der Waals surface area (Å²) >= 11 is 7.79. The number of hydrogen-bond acceptors (Lipinski definition) is 3. The first-order valence-electron chi connectivity index (χ1n) is 4.91. The summed E-state index contributed by atoms with van der Waals surface area (Å²) in [6.45, 7) is 2.82. The predicted octanol–water partition coefficient (Wildman–Crippen LogP) is 3.18. The Bertz CT molecular complexity index is 315. The lowest BCUT2D eigenvalue weighted by Gasteiger charge is -2.12. The minimum atomic E-state index is 0.453. The molecule has 1 unspecified atom stereocenters. The first-order valence-corrected chi connectivity index (χ1v) is 6.17. The summed E-state index contributed by atoms with van der Waals surface area (Å²) in [6, 6.07) is 5.81. The zero-order chi connectivity index (χ0) is 11.3. The molecule has 1 aromatic rings. The summed E-state index contributed by atoms with van der Waals surface area (Å²) in [5.74, 6) is 0.710. The van der Waals surface area contributed by atoms with Crippen LogP contribution in [0.2, 0.25) is 5.02 Å². The number of thioether (sulfide) groups is 1. The summed E-state index contributed by atoms with van der Waals surface area (Å²) in [6.07, 6.45) is 1.06. The third-order valence-corrected chi connectivity index (χ3v) is 3.82. The van der Waals surface area contributed by atoms with Crippen LogP contribution in [0.4, 0.5) is 0 Å². The van der Waals surface area contributed by atoms with Crippen LogP contribution in [0.25, 0.3) is 0 Å². The van der Waals surface area contributed by atoms with Gasteiger partial charge >= 0.3 is 0 Å². The summed E-state index contributed by atoms with van der Waals surface area (Å²) in [5.41, 5.74) is 5.65. The SMILES string of the molecule is CCC(CN)Sc1ccc(OC)c(Cl)c1. The van der Waals surface area contributed by atoms with Gasteiger partial charge in [0, 0.05) is 16.7 Å². The molecular formula is C11H16ClNOS. The number of halogens is 1. The molecule has 0 radical (unpaired) electrons. The maximum absolute atomic E-state index is 6.03.